The molecule has 0 bridgehead atoms. The minimum Gasteiger partial charge on any atom is -0.313 e. The molecule has 5 heteroatoms. The Hall–Kier alpha value is -0.290. The van der Waals surface area contributed by atoms with Gasteiger partial charge in [0, 0.05) is 25.6 Å². The Morgan fingerprint density at radius 1 is 1.33 bits per heavy atom. The fraction of sp³-hybridized carbons (Fsp3) is 1.00. The van der Waals surface area contributed by atoms with Gasteiger partial charge in [0.1, 0.15) is 0 Å². The zero-order chi connectivity index (χ0) is 11.3. The monoisotopic (exact) mass is 224 g/mol. The Balaban J connectivity index is 2.15. The second kappa shape index (κ2) is 5.70. The van der Waals surface area contributed by atoms with Crippen LogP contribution in [0.2, 0.25) is 0 Å². The second-order valence-corrected chi connectivity index (χ2v) is 4.20. The standard InChI is InChI=1S/C10H19F3N2/c1-9-3-7-15(8-5-14-9)6-2-4-10(11,12)13/h9,14H,2-8H2,1H3. The summed E-state index contributed by atoms with van der Waals surface area (Å²) in [5.41, 5.74) is 0. The van der Waals surface area contributed by atoms with Crippen LogP contribution >= 0.6 is 0 Å². The summed E-state index contributed by atoms with van der Waals surface area (Å²) in [4.78, 5) is 2.11. The molecule has 0 aliphatic carbocycles. The molecule has 90 valence electrons. The molecular weight excluding hydrogens is 205 g/mol. The first-order chi connectivity index (χ1) is 6.97. The second-order valence-electron chi connectivity index (χ2n) is 4.20. The number of nitrogens with zero attached hydrogens (tertiary/aromatic N) is 1. The molecule has 0 aromatic carbocycles. The van der Waals surface area contributed by atoms with Gasteiger partial charge in [-0.1, -0.05) is 0 Å². The summed E-state index contributed by atoms with van der Waals surface area (Å²) < 4.78 is 35.8. The van der Waals surface area contributed by atoms with Crippen molar-refractivity contribution in [3.63, 3.8) is 0 Å². The van der Waals surface area contributed by atoms with E-state index in [1.807, 2.05) is 0 Å². The third-order valence-electron chi connectivity index (χ3n) is 2.73. The van der Waals surface area contributed by atoms with E-state index < -0.39 is 12.6 Å². The Morgan fingerprint density at radius 3 is 2.73 bits per heavy atom. The first-order valence-corrected chi connectivity index (χ1v) is 5.50. The highest BCUT2D eigenvalue weighted by Crippen LogP contribution is 2.21. The van der Waals surface area contributed by atoms with Gasteiger partial charge in [-0.15, -0.1) is 0 Å². The summed E-state index contributed by atoms with van der Waals surface area (Å²) >= 11 is 0. The van der Waals surface area contributed by atoms with Crippen molar-refractivity contribution >= 4 is 0 Å². The van der Waals surface area contributed by atoms with Crippen molar-refractivity contribution in [1.82, 2.24) is 10.2 Å². The third-order valence-corrected chi connectivity index (χ3v) is 2.73. The smallest absolute Gasteiger partial charge is 0.313 e. The van der Waals surface area contributed by atoms with Crippen molar-refractivity contribution < 1.29 is 13.2 Å². The molecule has 1 N–H and O–H groups in total. The van der Waals surface area contributed by atoms with Crippen molar-refractivity contribution in [3.05, 3.63) is 0 Å². The molecule has 0 aromatic rings. The number of nitrogens with one attached hydrogen (secondary N) is 1. The third kappa shape index (κ3) is 5.99. The van der Waals surface area contributed by atoms with Crippen LogP contribution in [0.4, 0.5) is 13.2 Å². The molecule has 1 heterocycles. The summed E-state index contributed by atoms with van der Waals surface area (Å²) in [5.74, 6) is 0. The molecule has 1 unspecified atom stereocenters. The lowest BCUT2D eigenvalue weighted by Crippen LogP contribution is -2.30. The van der Waals surface area contributed by atoms with Crippen LogP contribution in [0.1, 0.15) is 26.2 Å². The zero-order valence-corrected chi connectivity index (χ0v) is 9.11. The fourth-order valence-corrected chi connectivity index (χ4v) is 1.79. The molecule has 0 saturated carbocycles. The maximum absolute atomic E-state index is 11.9. The van der Waals surface area contributed by atoms with Gasteiger partial charge >= 0.3 is 6.18 Å². The van der Waals surface area contributed by atoms with Crippen LogP contribution in [0.3, 0.4) is 0 Å². The first kappa shape index (κ1) is 12.8. The van der Waals surface area contributed by atoms with Crippen LogP contribution in [-0.2, 0) is 0 Å². The Morgan fingerprint density at radius 2 is 2.07 bits per heavy atom. The molecule has 2 nitrogen and oxygen atoms in total. The van der Waals surface area contributed by atoms with Crippen LogP contribution in [0, 0.1) is 0 Å². The van der Waals surface area contributed by atoms with E-state index in [9.17, 15) is 13.2 Å². The van der Waals surface area contributed by atoms with Gasteiger partial charge in [0.15, 0.2) is 0 Å². The van der Waals surface area contributed by atoms with Crippen molar-refractivity contribution in [1.29, 1.82) is 0 Å². The van der Waals surface area contributed by atoms with E-state index in [-0.39, 0.29) is 6.42 Å². The molecule has 1 aliphatic heterocycles. The molecule has 0 radical (unpaired) electrons. The highest BCUT2D eigenvalue weighted by atomic mass is 19.4. The van der Waals surface area contributed by atoms with E-state index >= 15 is 0 Å². The molecule has 1 aliphatic rings. The lowest BCUT2D eigenvalue weighted by molar-refractivity contribution is -0.136. The molecular formula is C10H19F3N2. The molecule has 1 rings (SSSR count). The number of halogens is 3. The molecule has 0 amide bonds. The number of rotatable bonds is 3. The van der Waals surface area contributed by atoms with Crippen molar-refractivity contribution in [2.24, 2.45) is 0 Å². The fourth-order valence-electron chi connectivity index (χ4n) is 1.79. The maximum atomic E-state index is 11.9. The van der Waals surface area contributed by atoms with Crippen molar-refractivity contribution in [2.45, 2.75) is 38.4 Å². The molecule has 1 fully saturated rings. The average molecular weight is 224 g/mol. The Bertz CT molecular complexity index is 182. The van der Waals surface area contributed by atoms with Crippen molar-refractivity contribution in [2.75, 3.05) is 26.2 Å². The van der Waals surface area contributed by atoms with Crippen LogP contribution in [0.25, 0.3) is 0 Å². The van der Waals surface area contributed by atoms with E-state index in [0.717, 1.165) is 26.1 Å². The molecule has 1 saturated heterocycles. The predicted octanol–water partition coefficient (Wildman–Crippen LogP) is 2.01. The molecule has 1 atom stereocenters. The number of alkyl halides is 3. The molecule has 0 aromatic heterocycles. The maximum Gasteiger partial charge on any atom is 0.389 e. The topological polar surface area (TPSA) is 15.3 Å². The van der Waals surface area contributed by atoms with Crippen LogP contribution in [-0.4, -0.2) is 43.3 Å². The van der Waals surface area contributed by atoms with Gasteiger partial charge in [-0.2, -0.15) is 13.2 Å². The minimum atomic E-state index is -4.00. The summed E-state index contributed by atoms with van der Waals surface area (Å²) in [6, 6.07) is 0.484. The highest BCUT2D eigenvalue weighted by molar-refractivity contribution is 4.71. The van der Waals surface area contributed by atoms with E-state index in [1.54, 1.807) is 0 Å². The van der Waals surface area contributed by atoms with Gasteiger partial charge in [-0.3, -0.25) is 0 Å². The first-order valence-electron chi connectivity index (χ1n) is 5.50. The SMILES string of the molecule is CC1CCN(CCCC(F)(F)F)CCN1. The van der Waals surface area contributed by atoms with Gasteiger partial charge in [-0.25, -0.2) is 0 Å². The number of hydrogen-bond donors (Lipinski definition) is 1. The van der Waals surface area contributed by atoms with Gasteiger partial charge in [-0.05, 0) is 32.9 Å². The highest BCUT2D eigenvalue weighted by Gasteiger charge is 2.26. The quantitative estimate of drug-likeness (QED) is 0.789. The van der Waals surface area contributed by atoms with E-state index in [4.69, 9.17) is 0 Å². The summed E-state index contributed by atoms with van der Waals surface area (Å²) in [6.07, 6.45) is -3.42. The average Bonchev–Trinajstić information content (AvgIpc) is 2.29. The Labute approximate surface area is 88.8 Å². The van der Waals surface area contributed by atoms with Crippen molar-refractivity contribution in [3.8, 4) is 0 Å². The Kier molecular flexibility index (Phi) is 4.86. The van der Waals surface area contributed by atoms with Gasteiger partial charge < -0.3 is 10.2 Å². The normalized spacial score (nSPS) is 25.2. The van der Waals surface area contributed by atoms with Gasteiger partial charge in [0.05, 0.1) is 0 Å². The van der Waals surface area contributed by atoms with E-state index in [2.05, 4.69) is 17.1 Å². The lowest BCUT2D eigenvalue weighted by atomic mass is 10.2. The van der Waals surface area contributed by atoms with Crippen LogP contribution in [0.5, 0.6) is 0 Å². The summed E-state index contributed by atoms with van der Waals surface area (Å²) in [6.45, 7) is 5.33. The molecule has 15 heavy (non-hydrogen) atoms. The van der Waals surface area contributed by atoms with Crippen LogP contribution in [0.15, 0.2) is 0 Å². The summed E-state index contributed by atoms with van der Waals surface area (Å²) in [7, 11) is 0. The minimum absolute atomic E-state index is 0.220. The number of hydrogen-bond acceptors (Lipinski definition) is 2. The summed E-state index contributed by atoms with van der Waals surface area (Å²) in [5, 5.41) is 3.32. The van der Waals surface area contributed by atoms with E-state index in [0.29, 0.717) is 12.6 Å². The zero-order valence-electron chi connectivity index (χ0n) is 9.11. The van der Waals surface area contributed by atoms with E-state index in [1.165, 1.54) is 0 Å². The van der Waals surface area contributed by atoms with Gasteiger partial charge in [0.25, 0.3) is 0 Å². The van der Waals surface area contributed by atoms with Crippen LogP contribution < -0.4 is 5.32 Å². The largest absolute Gasteiger partial charge is 0.389 e. The lowest BCUT2D eigenvalue weighted by Gasteiger charge is -2.19. The predicted molar refractivity (Wildman–Crippen MR) is 53.8 cm³/mol. The van der Waals surface area contributed by atoms with Gasteiger partial charge in [0.2, 0.25) is 0 Å². The molecule has 0 spiro atoms.